The lowest BCUT2D eigenvalue weighted by Crippen LogP contribution is -2.46. The van der Waals surface area contributed by atoms with Gasteiger partial charge in [0.25, 0.3) is 11.8 Å². The van der Waals surface area contributed by atoms with Gasteiger partial charge in [0.15, 0.2) is 6.10 Å². The van der Waals surface area contributed by atoms with Crippen LogP contribution in [0.1, 0.15) is 16.9 Å². The number of rotatable bonds is 3. The maximum atomic E-state index is 11.9. The number of hydrogen-bond donors (Lipinski definition) is 4. The van der Waals surface area contributed by atoms with Crippen LogP contribution in [-0.2, 0) is 9.59 Å². The predicted molar refractivity (Wildman–Crippen MR) is 80.5 cm³/mol. The number of para-hydroxylation sites is 2. The number of amides is 3. The zero-order valence-corrected chi connectivity index (χ0v) is 12.0. The minimum absolute atomic E-state index is 0.217. The fourth-order valence-corrected chi connectivity index (χ4v) is 2.11. The molecular weight excluding hydrogens is 300 g/mol. The molecule has 0 aliphatic carbocycles. The van der Waals surface area contributed by atoms with E-state index in [1.54, 1.807) is 42.6 Å². The Morgan fingerprint density at radius 3 is 2.74 bits per heavy atom. The highest BCUT2D eigenvalue weighted by atomic mass is 16.5. The van der Waals surface area contributed by atoms with E-state index in [-0.39, 0.29) is 6.42 Å². The van der Waals surface area contributed by atoms with Crippen LogP contribution in [0.15, 0.2) is 42.6 Å². The average molecular weight is 314 g/mol. The molecule has 0 fully saturated rings. The molecule has 0 radical (unpaired) electrons. The number of ether oxygens (including phenoxy) is 1. The molecule has 1 aliphatic heterocycles. The van der Waals surface area contributed by atoms with Crippen molar-refractivity contribution in [2.24, 2.45) is 0 Å². The van der Waals surface area contributed by atoms with Crippen LogP contribution in [0.2, 0.25) is 0 Å². The van der Waals surface area contributed by atoms with Gasteiger partial charge < -0.3 is 15.0 Å². The first-order chi connectivity index (χ1) is 11.1. The van der Waals surface area contributed by atoms with Crippen LogP contribution in [0.4, 0.5) is 5.69 Å². The van der Waals surface area contributed by atoms with Gasteiger partial charge in [-0.3, -0.25) is 25.2 Å². The van der Waals surface area contributed by atoms with Crippen LogP contribution in [-0.4, -0.2) is 28.8 Å². The van der Waals surface area contributed by atoms with E-state index in [4.69, 9.17) is 4.74 Å². The van der Waals surface area contributed by atoms with Crippen LogP contribution >= 0.6 is 0 Å². The molecule has 0 saturated heterocycles. The molecule has 2 aromatic rings. The summed E-state index contributed by atoms with van der Waals surface area (Å²) >= 11 is 0. The summed E-state index contributed by atoms with van der Waals surface area (Å²) in [5.41, 5.74) is 5.37. The molecule has 0 spiro atoms. The molecular formula is C15H14N4O4. The highest BCUT2D eigenvalue weighted by molar-refractivity contribution is 6.00. The Balaban J connectivity index is 1.54. The molecule has 1 aromatic carbocycles. The van der Waals surface area contributed by atoms with Crippen molar-refractivity contribution in [2.45, 2.75) is 12.5 Å². The predicted octanol–water partition coefficient (Wildman–Crippen LogP) is 0.565. The Labute approximate surface area is 131 Å². The summed E-state index contributed by atoms with van der Waals surface area (Å²) in [7, 11) is 0. The van der Waals surface area contributed by atoms with Crippen LogP contribution in [0.5, 0.6) is 5.75 Å². The van der Waals surface area contributed by atoms with Gasteiger partial charge >= 0.3 is 0 Å². The molecule has 3 amide bonds. The Kier molecular flexibility index (Phi) is 3.96. The van der Waals surface area contributed by atoms with E-state index >= 15 is 0 Å². The third kappa shape index (κ3) is 3.31. The number of hydrazine groups is 1. The first-order valence-corrected chi connectivity index (χ1v) is 6.92. The molecule has 23 heavy (non-hydrogen) atoms. The molecule has 0 unspecified atom stereocenters. The second-order valence-electron chi connectivity index (χ2n) is 4.88. The molecule has 1 atom stereocenters. The van der Waals surface area contributed by atoms with Gasteiger partial charge in [0.05, 0.1) is 12.1 Å². The highest BCUT2D eigenvalue weighted by Crippen LogP contribution is 2.29. The normalized spacial score (nSPS) is 15.8. The number of benzene rings is 1. The maximum absolute atomic E-state index is 11.9. The SMILES string of the molecule is O=C(C[C@@H]1Oc2ccccc2NC1=O)NNC(=O)c1ccc[nH]1. The zero-order valence-electron chi connectivity index (χ0n) is 12.0. The number of hydrogen-bond acceptors (Lipinski definition) is 4. The number of carbonyl (C=O) groups excluding carboxylic acids is 3. The molecule has 8 heteroatoms. The lowest BCUT2D eigenvalue weighted by atomic mass is 10.1. The topological polar surface area (TPSA) is 112 Å². The van der Waals surface area contributed by atoms with Gasteiger partial charge in [-0.15, -0.1) is 0 Å². The molecule has 0 saturated carbocycles. The standard InChI is InChI=1S/C15H14N4O4/c20-13(18-19-14(21)10-5-3-7-16-10)8-12-15(22)17-9-4-1-2-6-11(9)23-12/h1-7,12,16H,8H2,(H,17,22)(H,18,20)(H,19,21)/t12-/m0/s1. The molecule has 118 valence electrons. The first kappa shape index (κ1) is 14.6. The van der Waals surface area contributed by atoms with E-state index in [9.17, 15) is 14.4 Å². The number of H-pyrrole nitrogens is 1. The Morgan fingerprint density at radius 2 is 1.96 bits per heavy atom. The van der Waals surface area contributed by atoms with E-state index in [1.165, 1.54) is 0 Å². The quantitative estimate of drug-likeness (QED) is 0.620. The fraction of sp³-hybridized carbons (Fsp3) is 0.133. The summed E-state index contributed by atoms with van der Waals surface area (Å²) < 4.78 is 5.50. The van der Waals surface area contributed by atoms with Gasteiger partial charge in [-0.05, 0) is 24.3 Å². The van der Waals surface area contributed by atoms with E-state index in [0.29, 0.717) is 17.1 Å². The summed E-state index contributed by atoms with van der Waals surface area (Å²) in [6.45, 7) is 0. The molecule has 1 aromatic heterocycles. The van der Waals surface area contributed by atoms with Crippen molar-refractivity contribution in [1.29, 1.82) is 0 Å². The lowest BCUT2D eigenvalue weighted by Gasteiger charge is -2.25. The number of anilines is 1. The van der Waals surface area contributed by atoms with Gasteiger partial charge in [-0.1, -0.05) is 12.1 Å². The van der Waals surface area contributed by atoms with Crippen LogP contribution in [0, 0.1) is 0 Å². The monoisotopic (exact) mass is 314 g/mol. The number of fused-ring (bicyclic) bond motifs is 1. The van der Waals surface area contributed by atoms with E-state index in [2.05, 4.69) is 21.2 Å². The second kappa shape index (κ2) is 6.22. The van der Waals surface area contributed by atoms with Crippen LogP contribution in [0.3, 0.4) is 0 Å². The molecule has 0 bridgehead atoms. The molecule has 3 rings (SSSR count). The van der Waals surface area contributed by atoms with Crippen molar-refractivity contribution in [1.82, 2.24) is 15.8 Å². The minimum Gasteiger partial charge on any atom is -0.478 e. The highest BCUT2D eigenvalue weighted by Gasteiger charge is 2.29. The molecule has 2 heterocycles. The van der Waals surface area contributed by atoms with Gasteiger partial charge in [0.2, 0.25) is 5.91 Å². The first-order valence-electron chi connectivity index (χ1n) is 6.92. The maximum Gasteiger partial charge on any atom is 0.286 e. The van der Waals surface area contributed by atoms with Gasteiger partial charge in [-0.2, -0.15) is 0 Å². The third-order valence-electron chi connectivity index (χ3n) is 3.24. The molecule has 4 N–H and O–H groups in total. The van der Waals surface area contributed by atoms with E-state index < -0.39 is 23.8 Å². The number of aromatic nitrogens is 1. The number of nitrogens with one attached hydrogen (secondary N) is 4. The summed E-state index contributed by atoms with van der Waals surface area (Å²) in [6, 6.07) is 10.2. The van der Waals surface area contributed by atoms with Crippen molar-refractivity contribution >= 4 is 23.4 Å². The third-order valence-corrected chi connectivity index (χ3v) is 3.24. The largest absolute Gasteiger partial charge is 0.478 e. The Hall–Kier alpha value is -3.29. The van der Waals surface area contributed by atoms with Crippen molar-refractivity contribution in [2.75, 3.05) is 5.32 Å². The summed E-state index contributed by atoms with van der Waals surface area (Å²) in [6.07, 6.45) is 0.423. The Bertz CT molecular complexity index is 742. The zero-order chi connectivity index (χ0) is 16.2. The van der Waals surface area contributed by atoms with Crippen molar-refractivity contribution in [3.8, 4) is 5.75 Å². The minimum atomic E-state index is -0.952. The van der Waals surface area contributed by atoms with E-state index in [1.807, 2.05) is 0 Å². The Morgan fingerprint density at radius 1 is 1.13 bits per heavy atom. The van der Waals surface area contributed by atoms with Crippen molar-refractivity contribution < 1.29 is 19.1 Å². The molecule has 1 aliphatic rings. The van der Waals surface area contributed by atoms with E-state index in [0.717, 1.165) is 0 Å². The number of carbonyl (C=O) groups is 3. The summed E-state index contributed by atoms with van der Waals surface area (Å²) in [5, 5.41) is 2.67. The fourth-order valence-electron chi connectivity index (χ4n) is 2.11. The van der Waals surface area contributed by atoms with Crippen LogP contribution in [0.25, 0.3) is 0 Å². The lowest BCUT2D eigenvalue weighted by molar-refractivity contribution is -0.130. The van der Waals surface area contributed by atoms with Crippen molar-refractivity contribution in [3.05, 3.63) is 48.3 Å². The average Bonchev–Trinajstić information content (AvgIpc) is 3.08. The number of aromatic amines is 1. The van der Waals surface area contributed by atoms with Crippen LogP contribution < -0.4 is 20.9 Å². The molecule has 8 nitrogen and oxygen atoms in total. The second-order valence-corrected chi connectivity index (χ2v) is 4.88. The summed E-state index contributed by atoms with van der Waals surface area (Å²) in [4.78, 5) is 38.1. The smallest absolute Gasteiger partial charge is 0.286 e. The van der Waals surface area contributed by atoms with Gasteiger partial charge in [-0.25, -0.2) is 0 Å². The summed E-state index contributed by atoms with van der Waals surface area (Å²) in [5.74, 6) is -0.929. The van der Waals surface area contributed by atoms with Gasteiger partial charge in [0, 0.05) is 6.20 Å². The van der Waals surface area contributed by atoms with Gasteiger partial charge in [0.1, 0.15) is 11.4 Å². The van der Waals surface area contributed by atoms with Crippen molar-refractivity contribution in [3.63, 3.8) is 0 Å².